The molecule has 15 heavy (non-hydrogen) atoms. The zero-order chi connectivity index (χ0) is 10.8. The summed E-state index contributed by atoms with van der Waals surface area (Å²) in [6, 6.07) is 1.97. The fraction of sp³-hybridized carbons (Fsp3) is 0.333. The summed E-state index contributed by atoms with van der Waals surface area (Å²) >= 11 is 5.18. The first kappa shape index (κ1) is 10.8. The summed E-state index contributed by atoms with van der Waals surface area (Å²) in [7, 11) is 0. The first-order valence-electron chi connectivity index (χ1n) is 4.54. The Morgan fingerprint density at radius 1 is 1.67 bits per heavy atom. The lowest BCUT2D eigenvalue weighted by molar-refractivity contribution is 0.653. The normalized spacial score (nSPS) is 13.0. The number of nitrogens with two attached hydrogens (primary N) is 1. The molecule has 6 heteroatoms. The molecule has 0 bridgehead atoms. The summed E-state index contributed by atoms with van der Waals surface area (Å²) in [6.45, 7) is 2.63. The van der Waals surface area contributed by atoms with Crippen LogP contribution in [0.4, 0.5) is 0 Å². The third kappa shape index (κ3) is 2.45. The number of nitrogens with zero attached hydrogens (tertiary/aromatic N) is 3. The van der Waals surface area contributed by atoms with Crippen LogP contribution in [-0.4, -0.2) is 15.0 Å². The number of thiophene rings is 1. The topological polar surface area (TPSA) is 56.7 Å². The van der Waals surface area contributed by atoms with Gasteiger partial charge in [0.2, 0.25) is 0 Å². The van der Waals surface area contributed by atoms with Crippen LogP contribution in [0.2, 0.25) is 0 Å². The van der Waals surface area contributed by atoms with Crippen LogP contribution >= 0.6 is 27.3 Å². The van der Waals surface area contributed by atoms with E-state index in [1.165, 1.54) is 4.88 Å². The maximum absolute atomic E-state index is 5.71. The van der Waals surface area contributed by atoms with Crippen molar-refractivity contribution in [3.63, 3.8) is 0 Å². The van der Waals surface area contributed by atoms with Gasteiger partial charge in [0.25, 0.3) is 0 Å². The van der Waals surface area contributed by atoms with Gasteiger partial charge in [-0.05, 0) is 34.3 Å². The molecule has 0 saturated carbocycles. The lowest BCUT2D eigenvalue weighted by Gasteiger charge is -1.98. The molecule has 2 heterocycles. The molecule has 0 amide bonds. The summed E-state index contributed by atoms with van der Waals surface area (Å²) in [5.74, 6) is 0. The highest BCUT2D eigenvalue weighted by molar-refractivity contribution is 9.10. The Kier molecular flexibility index (Phi) is 3.18. The van der Waals surface area contributed by atoms with Crippen molar-refractivity contribution >= 4 is 27.3 Å². The van der Waals surface area contributed by atoms with Gasteiger partial charge >= 0.3 is 0 Å². The molecule has 2 N–H and O–H groups in total. The molecule has 0 radical (unpaired) electrons. The van der Waals surface area contributed by atoms with E-state index < -0.39 is 0 Å². The third-order valence-corrected chi connectivity index (χ3v) is 3.93. The van der Waals surface area contributed by atoms with Crippen LogP contribution in [-0.2, 0) is 6.54 Å². The highest BCUT2D eigenvalue weighted by Gasteiger charge is 2.07. The SMILES string of the molecule is CC(N)c1cn(Cc2sccc2Br)nn1. The second kappa shape index (κ2) is 4.42. The summed E-state index contributed by atoms with van der Waals surface area (Å²) in [5.41, 5.74) is 6.53. The number of rotatable bonds is 3. The van der Waals surface area contributed by atoms with Gasteiger partial charge < -0.3 is 5.73 Å². The summed E-state index contributed by atoms with van der Waals surface area (Å²) in [4.78, 5) is 1.23. The van der Waals surface area contributed by atoms with Gasteiger partial charge in [0.05, 0.1) is 18.4 Å². The van der Waals surface area contributed by atoms with E-state index in [0.29, 0.717) is 0 Å². The van der Waals surface area contributed by atoms with Gasteiger partial charge in [0.15, 0.2) is 0 Å². The molecule has 0 aliphatic heterocycles. The first-order valence-corrected chi connectivity index (χ1v) is 6.21. The molecule has 0 spiro atoms. The van der Waals surface area contributed by atoms with Crippen LogP contribution in [0.1, 0.15) is 23.5 Å². The largest absolute Gasteiger partial charge is 0.323 e. The monoisotopic (exact) mass is 286 g/mol. The molecule has 0 fully saturated rings. The highest BCUT2D eigenvalue weighted by Crippen LogP contribution is 2.23. The Hall–Kier alpha value is -0.720. The van der Waals surface area contributed by atoms with Crippen molar-refractivity contribution in [3.8, 4) is 0 Å². The lowest BCUT2D eigenvalue weighted by atomic mass is 10.3. The molecule has 2 aromatic rings. The number of halogens is 1. The van der Waals surface area contributed by atoms with Crippen molar-refractivity contribution in [3.05, 3.63) is 32.7 Å². The molecule has 2 aromatic heterocycles. The van der Waals surface area contributed by atoms with Crippen molar-refractivity contribution in [1.82, 2.24) is 15.0 Å². The van der Waals surface area contributed by atoms with Gasteiger partial charge in [0.1, 0.15) is 0 Å². The lowest BCUT2D eigenvalue weighted by Crippen LogP contribution is -2.05. The van der Waals surface area contributed by atoms with Crippen LogP contribution in [0, 0.1) is 0 Å². The van der Waals surface area contributed by atoms with E-state index >= 15 is 0 Å². The van der Waals surface area contributed by atoms with Crippen LogP contribution in [0.25, 0.3) is 0 Å². The Labute approximate surface area is 100 Å². The first-order chi connectivity index (χ1) is 7.16. The fourth-order valence-corrected chi connectivity index (χ4v) is 2.65. The van der Waals surface area contributed by atoms with E-state index in [9.17, 15) is 0 Å². The van der Waals surface area contributed by atoms with E-state index in [1.807, 2.05) is 24.6 Å². The number of aromatic nitrogens is 3. The number of hydrogen-bond acceptors (Lipinski definition) is 4. The molecule has 80 valence electrons. The molecular formula is C9H11BrN4S. The molecule has 0 aliphatic carbocycles. The third-order valence-electron chi connectivity index (χ3n) is 2.02. The van der Waals surface area contributed by atoms with Crippen LogP contribution in [0.3, 0.4) is 0 Å². The van der Waals surface area contributed by atoms with Crippen molar-refractivity contribution in [1.29, 1.82) is 0 Å². The number of hydrogen-bond donors (Lipinski definition) is 1. The van der Waals surface area contributed by atoms with Crippen LogP contribution < -0.4 is 5.73 Å². The Morgan fingerprint density at radius 3 is 3.00 bits per heavy atom. The molecule has 1 unspecified atom stereocenters. The van der Waals surface area contributed by atoms with Crippen molar-refractivity contribution in [2.24, 2.45) is 5.73 Å². The molecular weight excluding hydrogens is 276 g/mol. The molecule has 0 saturated heterocycles. The second-order valence-electron chi connectivity index (χ2n) is 3.32. The highest BCUT2D eigenvalue weighted by atomic mass is 79.9. The van der Waals surface area contributed by atoms with Gasteiger partial charge in [0, 0.05) is 15.4 Å². The maximum Gasteiger partial charge on any atom is 0.0991 e. The summed E-state index contributed by atoms with van der Waals surface area (Å²) in [5, 5.41) is 10.1. The van der Waals surface area contributed by atoms with Crippen molar-refractivity contribution in [2.45, 2.75) is 19.5 Å². The smallest absolute Gasteiger partial charge is 0.0991 e. The molecule has 0 aliphatic rings. The van der Waals surface area contributed by atoms with E-state index in [-0.39, 0.29) is 6.04 Å². The standard InChI is InChI=1S/C9H11BrN4S/c1-6(11)8-4-14(13-12-8)5-9-7(10)2-3-15-9/h2-4,6H,5,11H2,1H3. The van der Waals surface area contributed by atoms with E-state index in [0.717, 1.165) is 16.7 Å². The zero-order valence-corrected chi connectivity index (χ0v) is 10.6. The van der Waals surface area contributed by atoms with Gasteiger partial charge in [-0.3, -0.25) is 0 Å². The average Bonchev–Trinajstić information content (AvgIpc) is 2.77. The minimum absolute atomic E-state index is 0.0643. The van der Waals surface area contributed by atoms with E-state index in [2.05, 4.69) is 26.2 Å². The van der Waals surface area contributed by atoms with Gasteiger partial charge in [-0.1, -0.05) is 5.21 Å². The van der Waals surface area contributed by atoms with Crippen LogP contribution in [0.5, 0.6) is 0 Å². The quantitative estimate of drug-likeness (QED) is 0.941. The van der Waals surface area contributed by atoms with E-state index in [4.69, 9.17) is 5.73 Å². The molecule has 0 aromatic carbocycles. The van der Waals surface area contributed by atoms with Crippen LogP contribution in [0.15, 0.2) is 22.1 Å². The van der Waals surface area contributed by atoms with Gasteiger partial charge in [-0.15, -0.1) is 16.4 Å². The van der Waals surface area contributed by atoms with Gasteiger partial charge in [-0.25, -0.2) is 4.68 Å². The minimum Gasteiger partial charge on any atom is -0.323 e. The Bertz CT molecular complexity index is 448. The maximum atomic E-state index is 5.71. The summed E-state index contributed by atoms with van der Waals surface area (Å²) < 4.78 is 2.92. The average molecular weight is 287 g/mol. The summed E-state index contributed by atoms with van der Waals surface area (Å²) in [6.07, 6.45) is 1.89. The fourth-order valence-electron chi connectivity index (χ4n) is 1.18. The predicted molar refractivity (Wildman–Crippen MR) is 63.7 cm³/mol. The molecule has 2 rings (SSSR count). The Balaban J connectivity index is 2.15. The molecule has 4 nitrogen and oxygen atoms in total. The van der Waals surface area contributed by atoms with E-state index in [1.54, 1.807) is 16.0 Å². The zero-order valence-electron chi connectivity index (χ0n) is 8.22. The second-order valence-corrected chi connectivity index (χ2v) is 5.18. The Morgan fingerprint density at radius 2 is 2.47 bits per heavy atom. The van der Waals surface area contributed by atoms with Crippen molar-refractivity contribution in [2.75, 3.05) is 0 Å². The minimum atomic E-state index is -0.0643. The molecule has 1 atom stereocenters. The van der Waals surface area contributed by atoms with Crippen molar-refractivity contribution < 1.29 is 0 Å². The predicted octanol–water partition coefficient (Wildman–Crippen LogP) is 2.17. The van der Waals surface area contributed by atoms with Gasteiger partial charge in [-0.2, -0.15) is 0 Å².